The van der Waals surface area contributed by atoms with Crippen molar-refractivity contribution in [2.75, 3.05) is 50.7 Å². The monoisotopic (exact) mass is 457 g/mol. The Balaban J connectivity index is 1.19. The number of anilines is 1. The smallest absolute Gasteiger partial charge is 0.257 e. The molecular weight excluding hydrogens is 430 g/mol. The first kappa shape index (κ1) is 22.8. The number of para-hydroxylation sites is 1. The number of nitrogens with zero attached hydrogens (tertiary/aromatic N) is 2. The minimum atomic E-state index is -0.853. The average molecular weight is 458 g/mol. The van der Waals surface area contributed by atoms with Gasteiger partial charge in [-0.2, -0.15) is 0 Å². The summed E-state index contributed by atoms with van der Waals surface area (Å²) in [6.07, 6.45) is 0.203. The maximum absolute atomic E-state index is 13.9. The van der Waals surface area contributed by atoms with E-state index in [0.717, 1.165) is 11.8 Å². The molecule has 2 fully saturated rings. The van der Waals surface area contributed by atoms with E-state index in [-0.39, 0.29) is 29.7 Å². The minimum absolute atomic E-state index is 0.0506. The van der Waals surface area contributed by atoms with Gasteiger partial charge in [0, 0.05) is 24.7 Å². The first-order chi connectivity index (χ1) is 15.9. The molecule has 0 aliphatic carbocycles. The Morgan fingerprint density at radius 1 is 1.06 bits per heavy atom. The number of hydrogen-bond donors (Lipinski definition) is 2. The summed E-state index contributed by atoms with van der Waals surface area (Å²) in [6.45, 7) is 3.82. The lowest BCUT2D eigenvalue weighted by Crippen LogP contribution is -3.15. The highest BCUT2D eigenvalue weighted by Gasteiger charge is 2.35. The quantitative estimate of drug-likeness (QED) is 0.663. The van der Waals surface area contributed by atoms with Crippen molar-refractivity contribution in [3.63, 3.8) is 0 Å². The van der Waals surface area contributed by atoms with Crippen LogP contribution in [-0.4, -0.2) is 68.4 Å². The van der Waals surface area contributed by atoms with Crippen molar-refractivity contribution in [2.24, 2.45) is 5.92 Å². The average Bonchev–Trinajstić information content (AvgIpc) is 3.21. The van der Waals surface area contributed by atoms with Gasteiger partial charge in [0.05, 0.1) is 50.7 Å². The van der Waals surface area contributed by atoms with Crippen molar-refractivity contribution in [2.45, 2.75) is 6.42 Å². The normalized spacial score (nSPS) is 19.1. The van der Waals surface area contributed by atoms with E-state index in [4.69, 9.17) is 0 Å². The summed E-state index contributed by atoms with van der Waals surface area (Å²) in [5.74, 6) is -2.54. The van der Waals surface area contributed by atoms with Gasteiger partial charge in [-0.3, -0.25) is 14.4 Å². The fourth-order valence-electron chi connectivity index (χ4n) is 4.36. The lowest BCUT2D eigenvalue weighted by molar-refractivity contribution is -0.902. The van der Waals surface area contributed by atoms with Crippen molar-refractivity contribution < 1.29 is 28.1 Å². The third kappa shape index (κ3) is 5.36. The maximum atomic E-state index is 13.9. The second-order valence-corrected chi connectivity index (χ2v) is 8.45. The number of piperazine rings is 1. The lowest BCUT2D eigenvalue weighted by Gasteiger charge is -2.32. The van der Waals surface area contributed by atoms with E-state index in [1.54, 1.807) is 9.80 Å². The van der Waals surface area contributed by atoms with Gasteiger partial charge in [-0.15, -0.1) is 0 Å². The molecular formula is C24H27F2N4O3+. The van der Waals surface area contributed by atoms with Gasteiger partial charge < -0.3 is 20.0 Å². The first-order valence-corrected chi connectivity index (χ1v) is 11.1. The molecule has 2 aromatic rings. The molecule has 0 aromatic heterocycles. The molecule has 1 atom stereocenters. The first-order valence-electron chi connectivity index (χ1n) is 11.1. The van der Waals surface area contributed by atoms with E-state index in [1.165, 1.54) is 11.0 Å². The largest absolute Gasteiger partial charge is 0.350 e. The Morgan fingerprint density at radius 2 is 1.79 bits per heavy atom. The summed E-state index contributed by atoms with van der Waals surface area (Å²) in [5.41, 5.74) is 0.679. The van der Waals surface area contributed by atoms with E-state index in [9.17, 15) is 23.2 Å². The Bertz CT molecular complexity index is 1030. The molecule has 4 rings (SSSR count). The number of benzene rings is 2. The van der Waals surface area contributed by atoms with Crippen LogP contribution in [0, 0.1) is 17.6 Å². The molecule has 0 radical (unpaired) electrons. The third-order valence-corrected chi connectivity index (χ3v) is 6.26. The zero-order chi connectivity index (χ0) is 23.4. The maximum Gasteiger partial charge on any atom is 0.257 e. The molecule has 9 heteroatoms. The molecule has 33 heavy (non-hydrogen) atoms. The molecule has 0 spiro atoms. The Hall–Kier alpha value is -3.33. The Kier molecular flexibility index (Phi) is 6.98. The number of carbonyl (C=O) groups excluding carboxylic acids is 3. The molecule has 2 saturated heterocycles. The van der Waals surface area contributed by atoms with E-state index >= 15 is 0 Å². The number of rotatable bonds is 6. The number of hydrogen-bond acceptors (Lipinski definition) is 3. The molecule has 2 aromatic carbocycles. The van der Waals surface area contributed by atoms with Crippen LogP contribution in [0.15, 0.2) is 48.5 Å². The Labute approximate surface area is 191 Å². The van der Waals surface area contributed by atoms with Crippen molar-refractivity contribution in [1.29, 1.82) is 0 Å². The number of carbonyl (C=O) groups is 3. The summed E-state index contributed by atoms with van der Waals surface area (Å²) < 4.78 is 27.0. The zero-order valence-corrected chi connectivity index (χ0v) is 18.2. The second-order valence-electron chi connectivity index (χ2n) is 8.45. The second kappa shape index (κ2) is 10.1. The fraction of sp³-hybridized carbons (Fsp3) is 0.375. The van der Waals surface area contributed by atoms with Crippen molar-refractivity contribution >= 4 is 23.4 Å². The molecule has 7 nitrogen and oxygen atoms in total. The summed E-state index contributed by atoms with van der Waals surface area (Å²) in [5, 5.41) is 2.93. The van der Waals surface area contributed by atoms with E-state index < -0.39 is 17.5 Å². The molecule has 3 amide bonds. The van der Waals surface area contributed by atoms with Crippen LogP contribution in [0.2, 0.25) is 0 Å². The molecule has 0 bridgehead atoms. The van der Waals surface area contributed by atoms with Crippen LogP contribution in [0.25, 0.3) is 0 Å². The van der Waals surface area contributed by atoms with Gasteiger partial charge in [-0.25, -0.2) is 8.78 Å². The zero-order valence-electron chi connectivity index (χ0n) is 18.2. The van der Waals surface area contributed by atoms with E-state index in [0.29, 0.717) is 51.9 Å². The molecule has 1 unspecified atom stereocenters. The van der Waals surface area contributed by atoms with Gasteiger partial charge in [0.25, 0.3) is 5.91 Å². The lowest BCUT2D eigenvalue weighted by atomic mass is 10.1. The summed E-state index contributed by atoms with van der Waals surface area (Å²) in [4.78, 5) is 41.8. The topological polar surface area (TPSA) is 74.2 Å². The molecule has 2 N–H and O–H groups in total. The van der Waals surface area contributed by atoms with Gasteiger partial charge in [0.2, 0.25) is 11.8 Å². The van der Waals surface area contributed by atoms with Gasteiger partial charge in [0.15, 0.2) is 0 Å². The van der Waals surface area contributed by atoms with Crippen molar-refractivity contribution in [3.8, 4) is 0 Å². The van der Waals surface area contributed by atoms with Crippen LogP contribution in [-0.2, 0) is 9.59 Å². The predicted octanol–water partition coefficient (Wildman–Crippen LogP) is 0.475. The van der Waals surface area contributed by atoms with Gasteiger partial charge in [-0.1, -0.05) is 18.2 Å². The summed E-state index contributed by atoms with van der Waals surface area (Å²) in [6, 6.07) is 12.3. The third-order valence-electron chi connectivity index (χ3n) is 6.26. The Morgan fingerprint density at radius 3 is 2.48 bits per heavy atom. The molecule has 2 aliphatic rings. The minimum Gasteiger partial charge on any atom is -0.350 e. The van der Waals surface area contributed by atoms with E-state index in [1.807, 2.05) is 30.3 Å². The van der Waals surface area contributed by atoms with Gasteiger partial charge in [-0.05, 0) is 24.3 Å². The standard InChI is InChI=1S/C24H26F2N4O3/c25-18-6-7-20(21(26)15-18)24(33)29-12-10-28(11-13-29)9-8-27-23(32)17-14-22(31)30(16-17)19-4-2-1-3-5-19/h1-7,15,17H,8-14,16H2,(H,27,32)/p+1. The fourth-order valence-corrected chi connectivity index (χ4v) is 4.36. The SMILES string of the molecule is O=C(NCC[NH+]1CCN(C(=O)c2ccc(F)cc2F)CC1)C1CC(=O)N(c2ccccc2)C1. The molecule has 0 saturated carbocycles. The van der Waals surface area contributed by atoms with Crippen LogP contribution in [0.3, 0.4) is 0 Å². The highest BCUT2D eigenvalue weighted by molar-refractivity contribution is 6.00. The summed E-state index contributed by atoms with van der Waals surface area (Å²) in [7, 11) is 0. The van der Waals surface area contributed by atoms with Crippen LogP contribution < -0.4 is 15.1 Å². The number of nitrogens with one attached hydrogen (secondary N) is 2. The number of quaternary nitrogens is 1. The molecule has 174 valence electrons. The number of amides is 3. The molecule has 2 heterocycles. The van der Waals surface area contributed by atoms with Crippen LogP contribution in [0.1, 0.15) is 16.8 Å². The van der Waals surface area contributed by atoms with Crippen molar-refractivity contribution in [3.05, 3.63) is 65.7 Å². The van der Waals surface area contributed by atoms with Gasteiger partial charge in [0.1, 0.15) is 11.6 Å². The van der Waals surface area contributed by atoms with Gasteiger partial charge >= 0.3 is 0 Å². The van der Waals surface area contributed by atoms with Crippen LogP contribution >= 0.6 is 0 Å². The van der Waals surface area contributed by atoms with Crippen LogP contribution in [0.4, 0.5) is 14.5 Å². The predicted molar refractivity (Wildman–Crippen MR) is 118 cm³/mol. The highest BCUT2D eigenvalue weighted by atomic mass is 19.1. The number of halogens is 2. The molecule has 2 aliphatic heterocycles. The highest BCUT2D eigenvalue weighted by Crippen LogP contribution is 2.24. The summed E-state index contributed by atoms with van der Waals surface area (Å²) >= 11 is 0. The van der Waals surface area contributed by atoms with Crippen LogP contribution in [0.5, 0.6) is 0 Å². The van der Waals surface area contributed by atoms with Crippen molar-refractivity contribution in [1.82, 2.24) is 10.2 Å². The van der Waals surface area contributed by atoms with E-state index in [2.05, 4.69) is 5.32 Å².